The number of nitrogens with zero attached hydrogens (tertiary/aromatic N) is 1. The van der Waals surface area contributed by atoms with Crippen molar-refractivity contribution in [3.05, 3.63) is 64.9 Å². The van der Waals surface area contributed by atoms with Gasteiger partial charge in [0.15, 0.2) is 6.61 Å². The Kier molecular flexibility index (Phi) is 5.29. The third-order valence-electron chi connectivity index (χ3n) is 2.60. The summed E-state index contributed by atoms with van der Waals surface area (Å²) in [5.41, 5.74) is 1.03. The summed E-state index contributed by atoms with van der Waals surface area (Å²) < 4.78 is 4.86. The van der Waals surface area contributed by atoms with Gasteiger partial charge in [0, 0.05) is 17.8 Å². The number of ether oxygens (including phenoxy) is 1. The molecule has 6 heteroatoms. The van der Waals surface area contributed by atoms with Crippen LogP contribution in [0.15, 0.2) is 48.7 Å². The van der Waals surface area contributed by atoms with Crippen LogP contribution in [0.25, 0.3) is 0 Å². The highest BCUT2D eigenvalue weighted by molar-refractivity contribution is 6.30. The molecule has 0 atom stereocenters. The molecule has 0 saturated carbocycles. The van der Waals surface area contributed by atoms with Crippen LogP contribution in [0.3, 0.4) is 0 Å². The molecule has 1 N–H and O–H groups in total. The van der Waals surface area contributed by atoms with Gasteiger partial charge in [-0.2, -0.15) is 0 Å². The first-order valence-corrected chi connectivity index (χ1v) is 6.62. The number of benzene rings is 1. The normalized spacial score (nSPS) is 9.95. The van der Waals surface area contributed by atoms with E-state index in [1.807, 2.05) is 30.3 Å². The van der Waals surface area contributed by atoms with E-state index in [-0.39, 0.29) is 18.2 Å². The Morgan fingerprint density at radius 1 is 1.19 bits per heavy atom. The molecule has 0 radical (unpaired) electrons. The molecule has 0 aliphatic heterocycles. The molecule has 0 fully saturated rings. The maximum Gasteiger partial charge on any atom is 0.357 e. The molecule has 0 aliphatic rings. The zero-order chi connectivity index (χ0) is 15.1. The number of hydrogen-bond donors (Lipinski definition) is 1. The van der Waals surface area contributed by atoms with Gasteiger partial charge >= 0.3 is 5.97 Å². The smallest absolute Gasteiger partial charge is 0.357 e. The molecule has 1 heterocycles. The van der Waals surface area contributed by atoms with E-state index in [0.717, 1.165) is 5.56 Å². The quantitative estimate of drug-likeness (QED) is 0.860. The van der Waals surface area contributed by atoms with Gasteiger partial charge in [0.1, 0.15) is 5.69 Å². The molecule has 0 unspecified atom stereocenters. The van der Waals surface area contributed by atoms with Gasteiger partial charge in [-0.1, -0.05) is 41.9 Å². The van der Waals surface area contributed by atoms with Gasteiger partial charge in [0.05, 0.1) is 0 Å². The van der Waals surface area contributed by atoms with Crippen LogP contribution in [-0.2, 0) is 16.1 Å². The van der Waals surface area contributed by atoms with Crippen molar-refractivity contribution >= 4 is 23.5 Å². The van der Waals surface area contributed by atoms with E-state index in [0.29, 0.717) is 11.6 Å². The zero-order valence-electron chi connectivity index (χ0n) is 11.1. The number of hydrogen-bond acceptors (Lipinski definition) is 4. The molecule has 0 saturated heterocycles. The van der Waals surface area contributed by atoms with Crippen molar-refractivity contribution in [3.63, 3.8) is 0 Å². The molecular formula is C15H13ClN2O3. The lowest BCUT2D eigenvalue weighted by atomic mass is 10.2. The molecule has 1 amide bonds. The monoisotopic (exact) mass is 304 g/mol. The number of aromatic nitrogens is 1. The van der Waals surface area contributed by atoms with Gasteiger partial charge in [-0.25, -0.2) is 9.78 Å². The van der Waals surface area contributed by atoms with E-state index in [9.17, 15) is 9.59 Å². The van der Waals surface area contributed by atoms with Crippen LogP contribution in [0.2, 0.25) is 5.02 Å². The third kappa shape index (κ3) is 4.89. The first-order valence-electron chi connectivity index (χ1n) is 6.24. The summed E-state index contributed by atoms with van der Waals surface area (Å²) in [5, 5.41) is 3.03. The van der Waals surface area contributed by atoms with E-state index >= 15 is 0 Å². The second-order valence-corrected chi connectivity index (χ2v) is 4.63. The lowest BCUT2D eigenvalue weighted by molar-refractivity contribution is -0.124. The Balaban J connectivity index is 1.77. The highest BCUT2D eigenvalue weighted by atomic mass is 35.5. The standard InChI is InChI=1S/C15H13ClN2O3/c16-12-6-7-17-13(8-12)15(20)21-10-14(19)18-9-11-4-2-1-3-5-11/h1-8H,9-10H2,(H,18,19). The molecule has 2 rings (SSSR count). The van der Waals surface area contributed by atoms with Crippen molar-refractivity contribution in [2.45, 2.75) is 6.54 Å². The summed E-state index contributed by atoms with van der Waals surface area (Å²) in [6, 6.07) is 12.4. The average molecular weight is 305 g/mol. The minimum atomic E-state index is -0.688. The fourth-order valence-corrected chi connectivity index (χ4v) is 1.73. The van der Waals surface area contributed by atoms with Gasteiger partial charge < -0.3 is 10.1 Å². The lowest BCUT2D eigenvalue weighted by Crippen LogP contribution is -2.28. The number of rotatable bonds is 5. The van der Waals surface area contributed by atoms with Gasteiger partial charge in [-0.05, 0) is 17.7 Å². The molecule has 21 heavy (non-hydrogen) atoms. The summed E-state index contributed by atoms with van der Waals surface area (Å²) in [6.07, 6.45) is 1.40. The maximum absolute atomic E-state index is 11.7. The fraction of sp³-hybridized carbons (Fsp3) is 0.133. The largest absolute Gasteiger partial charge is 0.451 e. The zero-order valence-corrected chi connectivity index (χ0v) is 11.8. The van der Waals surface area contributed by atoms with Crippen molar-refractivity contribution in [3.8, 4) is 0 Å². The molecule has 1 aromatic carbocycles. The molecule has 5 nitrogen and oxygen atoms in total. The maximum atomic E-state index is 11.7. The summed E-state index contributed by atoms with van der Waals surface area (Å²) in [5.74, 6) is -1.07. The van der Waals surface area contributed by atoms with E-state index in [1.165, 1.54) is 12.3 Å². The van der Waals surface area contributed by atoms with Gasteiger partial charge in [0.2, 0.25) is 0 Å². The van der Waals surface area contributed by atoms with Gasteiger partial charge in [-0.3, -0.25) is 4.79 Å². The molecule has 108 valence electrons. The number of carbonyl (C=O) groups is 2. The molecule has 1 aromatic heterocycles. The number of esters is 1. The van der Waals surface area contributed by atoms with E-state index < -0.39 is 5.97 Å². The third-order valence-corrected chi connectivity index (χ3v) is 2.83. The van der Waals surface area contributed by atoms with Crippen molar-refractivity contribution in [2.24, 2.45) is 0 Å². The molecule has 0 aliphatic carbocycles. The Morgan fingerprint density at radius 3 is 2.67 bits per heavy atom. The van der Waals surface area contributed by atoms with Crippen LogP contribution in [0.1, 0.15) is 16.1 Å². The summed E-state index contributed by atoms with van der Waals surface area (Å²) in [4.78, 5) is 27.1. The van der Waals surface area contributed by atoms with Crippen LogP contribution in [-0.4, -0.2) is 23.5 Å². The van der Waals surface area contributed by atoms with Crippen molar-refractivity contribution in [2.75, 3.05) is 6.61 Å². The molecule has 2 aromatic rings. The van der Waals surface area contributed by atoms with E-state index in [4.69, 9.17) is 16.3 Å². The van der Waals surface area contributed by atoms with Crippen LogP contribution >= 0.6 is 11.6 Å². The number of amides is 1. The highest BCUT2D eigenvalue weighted by Crippen LogP contribution is 2.08. The first-order chi connectivity index (χ1) is 10.1. The average Bonchev–Trinajstić information content (AvgIpc) is 2.51. The van der Waals surface area contributed by atoms with Crippen LogP contribution in [0.5, 0.6) is 0 Å². The Labute approximate surface area is 126 Å². The Bertz CT molecular complexity index is 632. The SMILES string of the molecule is O=C(COC(=O)c1cc(Cl)ccn1)NCc1ccccc1. The lowest BCUT2D eigenvalue weighted by Gasteiger charge is -2.06. The van der Waals surface area contributed by atoms with Crippen LogP contribution in [0, 0.1) is 0 Å². The van der Waals surface area contributed by atoms with Crippen LogP contribution < -0.4 is 5.32 Å². The van der Waals surface area contributed by atoms with Crippen molar-refractivity contribution in [1.82, 2.24) is 10.3 Å². The molecule has 0 bridgehead atoms. The minimum absolute atomic E-state index is 0.0679. The number of nitrogens with one attached hydrogen (secondary N) is 1. The topological polar surface area (TPSA) is 68.3 Å². The fourth-order valence-electron chi connectivity index (χ4n) is 1.57. The summed E-state index contributed by atoms with van der Waals surface area (Å²) in [7, 11) is 0. The van der Waals surface area contributed by atoms with Crippen LogP contribution in [0.4, 0.5) is 0 Å². The minimum Gasteiger partial charge on any atom is -0.451 e. The van der Waals surface area contributed by atoms with Crippen molar-refractivity contribution in [1.29, 1.82) is 0 Å². The van der Waals surface area contributed by atoms with Gasteiger partial charge in [0.25, 0.3) is 5.91 Å². The Hall–Kier alpha value is -2.40. The number of halogens is 1. The second kappa shape index (κ2) is 7.40. The highest BCUT2D eigenvalue weighted by Gasteiger charge is 2.11. The predicted octanol–water partition coefficient (Wildman–Crippen LogP) is 2.21. The second-order valence-electron chi connectivity index (χ2n) is 4.20. The summed E-state index contributed by atoms with van der Waals surface area (Å²) >= 11 is 5.74. The number of pyridine rings is 1. The first kappa shape index (κ1) is 15.0. The number of carbonyl (C=O) groups excluding carboxylic acids is 2. The molecular weight excluding hydrogens is 292 g/mol. The summed E-state index contributed by atoms with van der Waals surface area (Å²) in [6.45, 7) is 0.0203. The Morgan fingerprint density at radius 2 is 1.95 bits per heavy atom. The molecule has 0 spiro atoms. The van der Waals surface area contributed by atoms with Crippen molar-refractivity contribution < 1.29 is 14.3 Å². The predicted molar refractivity (Wildman–Crippen MR) is 77.8 cm³/mol. The van der Waals surface area contributed by atoms with E-state index in [2.05, 4.69) is 10.3 Å². The van der Waals surface area contributed by atoms with E-state index in [1.54, 1.807) is 6.07 Å². The van der Waals surface area contributed by atoms with Gasteiger partial charge in [-0.15, -0.1) is 0 Å².